The summed E-state index contributed by atoms with van der Waals surface area (Å²) in [5.74, 6) is -1.04. The average Bonchev–Trinajstić information content (AvgIpc) is 3.24. The number of nitrogens with one attached hydrogen (secondary N) is 1. The largest absolute Gasteiger partial charge is 0.452 e. The standard InChI is InChI=1S/C20H24N2O5S2/c1-3-22(4-2)29(25,26)18-10-7-16(8-11-18)9-12-20(24)27-15-19(23)21-14-17-6-5-13-28-17/h5-13H,3-4,14-15H2,1-2H3,(H,21,23). The second kappa shape index (κ2) is 10.9. The molecule has 0 spiro atoms. The highest BCUT2D eigenvalue weighted by molar-refractivity contribution is 7.89. The lowest BCUT2D eigenvalue weighted by Gasteiger charge is -2.18. The predicted octanol–water partition coefficient (Wildman–Crippen LogP) is 2.65. The number of sulfonamides is 1. The van der Waals surface area contributed by atoms with Crippen molar-refractivity contribution in [3.05, 3.63) is 58.3 Å². The summed E-state index contributed by atoms with van der Waals surface area (Å²) >= 11 is 1.53. The highest BCUT2D eigenvalue weighted by Gasteiger charge is 2.20. The van der Waals surface area contributed by atoms with E-state index in [4.69, 9.17) is 4.74 Å². The summed E-state index contributed by atoms with van der Waals surface area (Å²) in [5, 5.41) is 4.58. The molecule has 2 aromatic rings. The number of carbonyl (C=O) groups excluding carboxylic acids is 2. The van der Waals surface area contributed by atoms with Gasteiger partial charge in [-0.2, -0.15) is 4.31 Å². The van der Waals surface area contributed by atoms with Gasteiger partial charge in [0, 0.05) is 24.0 Å². The van der Waals surface area contributed by atoms with Gasteiger partial charge in [-0.3, -0.25) is 4.79 Å². The molecule has 0 aliphatic heterocycles. The van der Waals surface area contributed by atoms with Gasteiger partial charge >= 0.3 is 5.97 Å². The predicted molar refractivity (Wildman–Crippen MR) is 113 cm³/mol. The van der Waals surface area contributed by atoms with Crippen LogP contribution in [0.5, 0.6) is 0 Å². The zero-order valence-electron chi connectivity index (χ0n) is 16.3. The minimum Gasteiger partial charge on any atom is -0.452 e. The Morgan fingerprint density at radius 2 is 1.83 bits per heavy atom. The monoisotopic (exact) mass is 436 g/mol. The van der Waals surface area contributed by atoms with Gasteiger partial charge in [0.15, 0.2) is 6.61 Å². The molecule has 1 amide bonds. The third-order valence-electron chi connectivity index (χ3n) is 4.02. The van der Waals surface area contributed by atoms with Crippen molar-refractivity contribution in [1.82, 2.24) is 9.62 Å². The number of hydrogen-bond donors (Lipinski definition) is 1. The Kier molecular flexibility index (Phi) is 8.56. The Morgan fingerprint density at radius 3 is 2.41 bits per heavy atom. The van der Waals surface area contributed by atoms with Gasteiger partial charge < -0.3 is 10.1 Å². The molecule has 156 valence electrons. The summed E-state index contributed by atoms with van der Waals surface area (Å²) in [6.45, 7) is 4.39. The first-order chi connectivity index (χ1) is 13.9. The van der Waals surface area contributed by atoms with E-state index in [9.17, 15) is 18.0 Å². The van der Waals surface area contributed by atoms with Crippen molar-refractivity contribution in [3.8, 4) is 0 Å². The van der Waals surface area contributed by atoms with Crippen molar-refractivity contribution in [1.29, 1.82) is 0 Å². The average molecular weight is 437 g/mol. The number of amides is 1. The molecule has 1 aromatic heterocycles. The Morgan fingerprint density at radius 1 is 1.14 bits per heavy atom. The van der Waals surface area contributed by atoms with Gasteiger partial charge in [0.25, 0.3) is 5.91 Å². The Hall–Kier alpha value is -2.49. The smallest absolute Gasteiger partial charge is 0.331 e. The van der Waals surface area contributed by atoms with Crippen LogP contribution in [0, 0.1) is 0 Å². The number of esters is 1. The highest BCUT2D eigenvalue weighted by atomic mass is 32.2. The first kappa shape index (κ1) is 22.8. The van der Waals surface area contributed by atoms with E-state index >= 15 is 0 Å². The highest BCUT2D eigenvalue weighted by Crippen LogP contribution is 2.16. The first-order valence-corrected chi connectivity index (χ1v) is 11.4. The molecule has 29 heavy (non-hydrogen) atoms. The number of benzene rings is 1. The number of carbonyl (C=O) groups is 2. The van der Waals surface area contributed by atoms with Crippen LogP contribution in [0.1, 0.15) is 24.3 Å². The van der Waals surface area contributed by atoms with Crippen LogP contribution in [0.4, 0.5) is 0 Å². The number of nitrogens with zero attached hydrogens (tertiary/aromatic N) is 1. The SMILES string of the molecule is CCN(CC)S(=O)(=O)c1ccc(C=CC(=O)OCC(=O)NCc2cccs2)cc1. The van der Waals surface area contributed by atoms with Crippen LogP contribution in [0.2, 0.25) is 0 Å². The molecule has 0 saturated carbocycles. The molecule has 9 heteroatoms. The number of ether oxygens (including phenoxy) is 1. The van der Waals surface area contributed by atoms with E-state index in [0.29, 0.717) is 25.2 Å². The molecule has 0 aliphatic rings. The van der Waals surface area contributed by atoms with Crippen molar-refractivity contribution in [2.24, 2.45) is 0 Å². The van der Waals surface area contributed by atoms with E-state index in [2.05, 4.69) is 5.32 Å². The summed E-state index contributed by atoms with van der Waals surface area (Å²) in [6.07, 6.45) is 2.69. The number of thiophene rings is 1. The van der Waals surface area contributed by atoms with Crippen LogP contribution in [0.15, 0.2) is 52.7 Å². The molecule has 7 nitrogen and oxygen atoms in total. The molecule has 0 aliphatic carbocycles. The van der Waals surface area contributed by atoms with Gasteiger partial charge in [-0.05, 0) is 35.2 Å². The van der Waals surface area contributed by atoms with Crippen molar-refractivity contribution >= 4 is 39.3 Å². The van der Waals surface area contributed by atoms with Crippen LogP contribution in [-0.2, 0) is 30.9 Å². The minimum absolute atomic E-state index is 0.198. The van der Waals surface area contributed by atoms with Crippen molar-refractivity contribution in [3.63, 3.8) is 0 Å². The van der Waals surface area contributed by atoms with Crippen molar-refractivity contribution < 1.29 is 22.7 Å². The summed E-state index contributed by atoms with van der Waals surface area (Å²) < 4.78 is 31.2. The summed E-state index contributed by atoms with van der Waals surface area (Å²) in [7, 11) is -3.52. The van der Waals surface area contributed by atoms with E-state index in [1.165, 1.54) is 39.9 Å². The quantitative estimate of drug-likeness (QED) is 0.457. The Balaban J connectivity index is 1.84. The Bertz CT molecular complexity index is 932. The molecule has 2 rings (SSSR count). The summed E-state index contributed by atoms with van der Waals surface area (Å²) in [6, 6.07) is 10.00. The zero-order valence-corrected chi connectivity index (χ0v) is 18.0. The number of hydrogen-bond acceptors (Lipinski definition) is 6. The van der Waals surface area contributed by atoms with E-state index in [1.54, 1.807) is 26.0 Å². The van der Waals surface area contributed by atoms with Gasteiger partial charge in [0.1, 0.15) is 0 Å². The molecular formula is C20H24N2O5S2. The fourth-order valence-electron chi connectivity index (χ4n) is 2.46. The first-order valence-electron chi connectivity index (χ1n) is 9.11. The molecule has 0 saturated heterocycles. The topological polar surface area (TPSA) is 92.8 Å². The maximum absolute atomic E-state index is 12.4. The lowest BCUT2D eigenvalue weighted by Crippen LogP contribution is -2.30. The van der Waals surface area contributed by atoms with E-state index in [-0.39, 0.29) is 17.4 Å². The summed E-state index contributed by atoms with van der Waals surface area (Å²) in [5.41, 5.74) is 0.641. The van der Waals surface area contributed by atoms with Gasteiger partial charge in [0.05, 0.1) is 11.4 Å². The lowest BCUT2D eigenvalue weighted by atomic mass is 10.2. The van der Waals surface area contributed by atoms with Gasteiger partial charge in [-0.1, -0.05) is 32.0 Å². The van der Waals surface area contributed by atoms with E-state index in [1.807, 2.05) is 17.5 Å². The van der Waals surface area contributed by atoms with Crippen LogP contribution < -0.4 is 5.32 Å². The molecule has 1 N–H and O–H groups in total. The van der Waals surface area contributed by atoms with Gasteiger partial charge in [0.2, 0.25) is 10.0 Å². The second-order valence-electron chi connectivity index (χ2n) is 5.96. The Labute approximate surface area is 175 Å². The van der Waals surface area contributed by atoms with Gasteiger partial charge in [-0.25, -0.2) is 13.2 Å². The lowest BCUT2D eigenvalue weighted by molar-refractivity contribution is -0.143. The molecule has 0 unspecified atom stereocenters. The molecule has 0 fully saturated rings. The molecule has 1 heterocycles. The summed E-state index contributed by atoms with van der Waals surface area (Å²) in [4.78, 5) is 24.6. The van der Waals surface area contributed by atoms with Crippen LogP contribution in [-0.4, -0.2) is 44.3 Å². The normalized spacial score (nSPS) is 11.7. The van der Waals surface area contributed by atoms with E-state index < -0.39 is 16.0 Å². The van der Waals surface area contributed by atoms with Crippen LogP contribution >= 0.6 is 11.3 Å². The second-order valence-corrected chi connectivity index (χ2v) is 8.93. The molecule has 1 aromatic carbocycles. The fourth-order valence-corrected chi connectivity index (χ4v) is 4.57. The number of rotatable bonds is 10. The van der Waals surface area contributed by atoms with Gasteiger partial charge in [-0.15, -0.1) is 11.3 Å². The maximum Gasteiger partial charge on any atom is 0.331 e. The molecular weight excluding hydrogens is 412 g/mol. The molecule has 0 radical (unpaired) electrons. The third kappa shape index (κ3) is 6.81. The molecule has 0 bridgehead atoms. The zero-order chi connectivity index (χ0) is 21.3. The molecule has 0 atom stereocenters. The van der Waals surface area contributed by atoms with Crippen molar-refractivity contribution in [2.45, 2.75) is 25.3 Å². The minimum atomic E-state index is -3.52. The van der Waals surface area contributed by atoms with Crippen molar-refractivity contribution in [2.75, 3.05) is 19.7 Å². The fraction of sp³-hybridized carbons (Fsp3) is 0.300. The maximum atomic E-state index is 12.4. The van der Waals surface area contributed by atoms with E-state index in [0.717, 1.165) is 4.88 Å². The van der Waals surface area contributed by atoms with Crippen LogP contribution in [0.25, 0.3) is 6.08 Å². The van der Waals surface area contributed by atoms with Crippen LogP contribution in [0.3, 0.4) is 0 Å². The third-order valence-corrected chi connectivity index (χ3v) is 6.96.